The minimum Gasteiger partial charge on any atom is -0.481 e. The Morgan fingerprint density at radius 3 is 2.76 bits per heavy atom. The lowest BCUT2D eigenvalue weighted by Gasteiger charge is -2.29. The van der Waals surface area contributed by atoms with Gasteiger partial charge in [0.15, 0.2) is 0 Å². The lowest BCUT2D eigenvalue weighted by molar-refractivity contribution is 0.228. The Morgan fingerprint density at radius 2 is 2.14 bits per heavy atom. The summed E-state index contributed by atoms with van der Waals surface area (Å²) in [4.78, 5) is 11.0. The van der Waals surface area contributed by atoms with Gasteiger partial charge in [0.2, 0.25) is 11.8 Å². The molecule has 114 valence electrons. The zero-order valence-electron chi connectivity index (χ0n) is 12.7. The molecule has 2 heterocycles. The van der Waals surface area contributed by atoms with Gasteiger partial charge in [-0.3, -0.25) is 4.90 Å². The number of hydrogen-bond acceptors (Lipinski definition) is 6. The molecule has 2 aromatic rings. The lowest BCUT2D eigenvalue weighted by Crippen LogP contribution is -2.33. The SMILES string of the molecule is CCN(CC)C(CNc1nccc(OC)n1)c1ccsc1. The zero-order valence-corrected chi connectivity index (χ0v) is 13.6. The molecule has 2 rings (SSSR count). The third kappa shape index (κ3) is 4.15. The van der Waals surface area contributed by atoms with E-state index in [9.17, 15) is 0 Å². The highest BCUT2D eigenvalue weighted by atomic mass is 32.1. The third-order valence-electron chi connectivity index (χ3n) is 3.47. The van der Waals surface area contributed by atoms with Crippen molar-refractivity contribution >= 4 is 17.3 Å². The van der Waals surface area contributed by atoms with Crippen LogP contribution in [-0.2, 0) is 0 Å². The quantitative estimate of drug-likeness (QED) is 0.812. The van der Waals surface area contributed by atoms with E-state index in [4.69, 9.17) is 4.74 Å². The Morgan fingerprint density at radius 1 is 1.33 bits per heavy atom. The highest BCUT2D eigenvalue weighted by Crippen LogP contribution is 2.23. The standard InChI is InChI=1S/C15H22N4OS/c1-4-19(5-2)13(12-7-9-21-11-12)10-17-15-16-8-6-14(18-15)20-3/h6-9,11,13H,4-5,10H2,1-3H3,(H,16,17,18). The van der Waals surface area contributed by atoms with Crippen LogP contribution in [0.2, 0.25) is 0 Å². The van der Waals surface area contributed by atoms with Crippen LogP contribution in [0.1, 0.15) is 25.5 Å². The summed E-state index contributed by atoms with van der Waals surface area (Å²) in [5.41, 5.74) is 1.33. The van der Waals surface area contributed by atoms with E-state index in [0.717, 1.165) is 19.6 Å². The molecule has 2 aromatic heterocycles. The van der Waals surface area contributed by atoms with Crippen LogP contribution in [0.4, 0.5) is 5.95 Å². The molecule has 1 atom stereocenters. The minimum atomic E-state index is 0.320. The largest absolute Gasteiger partial charge is 0.481 e. The molecule has 6 heteroatoms. The fraction of sp³-hybridized carbons (Fsp3) is 0.467. The Bertz CT molecular complexity index is 528. The average molecular weight is 306 g/mol. The second kappa shape index (κ2) is 7.95. The summed E-state index contributed by atoms with van der Waals surface area (Å²) in [6, 6.07) is 4.24. The van der Waals surface area contributed by atoms with E-state index in [1.807, 2.05) is 0 Å². The number of anilines is 1. The minimum absolute atomic E-state index is 0.320. The van der Waals surface area contributed by atoms with E-state index in [1.54, 1.807) is 30.7 Å². The summed E-state index contributed by atoms with van der Waals surface area (Å²) in [7, 11) is 1.61. The van der Waals surface area contributed by atoms with E-state index in [2.05, 4.69) is 50.9 Å². The second-order valence-corrected chi connectivity index (χ2v) is 5.38. The van der Waals surface area contributed by atoms with E-state index in [0.29, 0.717) is 17.9 Å². The van der Waals surface area contributed by atoms with Crippen LogP contribution >= 0.6 is 11.3 Å². The zero-order chi connectivity index (χ0) is 15.1. The van der Waals surface area contributed by atoms with E-state index in [-0.39, 0.29) is 0 Å². The molecule has 0 spiro atoms. The summed E-state index contributed by atoms with van der Waals surface area (Å²) in [5, 5.41) is 7.64. The van der Waals surface area contributed by atoms with Gasteiger partial charge < -0.3 is 10.1 Å². The molecule has 0 fully saturated rings. The fourth-order valence-electron chi connectivity index (χ4n) is 2.32. The molecule has 0 aromatic carbocycles. The molecule has 1 N–H and O–H groups in total. The monoisotopic (exact) mass is 306 g/mol. The maximum Gasteiger partial charge on any atom is 0.226 e. The molecule has 0 radical (unpaired) electrons. The van der Waals surface area contributed by atoms with Crippen molar-refractivity contribution in [2.75, 3.05) is 32.1 Å². The van der Waals surface area contributed by atoms with Gasteiger partial charge in [-0.1, -0.05) is 13.8 Å². The van der Waals surface area contributed by atoms with Gasteiger partial charge in [0.1, 0.15) is 0 Å². The van der Waals surface area contributed by atoms with Crippen LogP contribution in [0.3, 0.4) is 0 Å². The highest BCUT2D eigenvalue weighted by Gasteiger charge is 2.18. The molecule has 0 saturated heterocycles. The Labute approximate surface area is 130 Å². The van der Waals surface area contributed by atoms with Crippen molar-refractivity contribution in [3.05, 3.63) is 34.7 Å². The lowest BCUT2D eigenvalue weighted by atomic mass is 10.1. The molecule has 5 nitrogen and oxygen atoms in total. The van der Waals surface area contributed by atoms with Crippen molar-refractivity contribution in [1.29, 1.82) is 0 Å². The summed E-state index contributed by atoms with van der Waals surface area (Å²) >= 11 is 1.73. The molecule has 0 saturated carbocycles. The first kappa shape index (κ1) is 15.7. The predicted octanol–water partition coefficient (Wildman–Crippen LogP) is 3.04. The number of nitrogens with zero attached hydrogens (tertiary/aromatic N) is 3. The molecule has 0 aliphatic heterocycles. The van der Waals surface area contributed by atoms with Crippen LogP contribution in [0.25, 0.3) is 0 Å². The highest BCUT2D eigenvalue weighted by molar-refractivity contribution is 7.07. The Balaban J connectivity index is 2.08. The Hall–Kier alpha value is -1.66. The molecular weight excluding hydrogens is 284 g/mol. The van der Waals surface area contributed by atoms with Gasteiger partial charge in [-0.25, -0.2) is 4.98 Å². The molecule has 0 aliphatic carbocycles. The number of thiophene rings is 1. The fourth-order valence-corrected chi connectivity index (χ4v) is 3.02. The summed E-state index contributed by atoms with van der Waals surface area (Å²) in [5.74, 6) is 1.17. The van der Waals surface area contributed by atoms with Crippen LogP contribution in [-0.4, -0.2) is 41.6 Å². The van der Waals surface area contributed by atoms with Crippen LogP contribution in [0.15, 0.2) is 29.1 Å². The normalized spacial score (nSPS) is 12.4. The summed E-state index contributed by atoms with van der Waals surface area (Å²) < 4.78 is 5.12. The van der Waals surface area contributed by atoms with Crippen molar-refractivity contribution in [2.45, 2.75) is 19.9 Å². The van der Waals surface area contributed by atoms with E-state index in [1.165, 1.54) is 5.56 Å². The molecule has 1 unspecified atom stereocenters. The summed E-state index contributed by atoms with van der Waals surface area (Å²) in [6.45, 7) is 7.16. The van der Waals surface area contributed by atoms with Gasteiger partial charge in [-0.2, -0.15) is 16.3 Å². The molecule has 0 amide bonds. The average Bonchev–Trinajstić information content (AvgIpc) is 3.05. The third-order valence-corrected chi connectivity index (χ3v) is 4.18. The van der Waals surface area contributed by atoms with Crippen LogP contribution < -0.4 is 10.1 Å². The topological polar surface area (TPSA) is 50.3 Å². The number of hydrogen-bond donors (Lipinski definition) is 1. The molecule has 0 bridgehead atoms. The van der Waals surface area contributed by atoms with Gasteiger partial charge in [0, 0.05) is 18.8 Å². The molecule has 21 heavy (non-hydrogen) atoms. The van der Waals surface area contributed by atoms with Crippen molar-refractivity contribution < 1.29 is 4.74 Å². The second-order valence-electron chi connectivity index (χ2n) is 4.60. The number of aromatic nitrogens is 2. The first-order chi connectivity index (χ1) is 10.3. The summed E-state index contributed by atoms with van der Waals surface area (Å²) in [6.07, 6.45) is 1.70. The van der Waals surface area contributed by atoms with Crippen molar-refractivity contribution in [3.63, 3.8) is 0 Å². The number of likely N-dealkylation sites (N-methyl/N-ethyl adjacent to an activating group) is 1. The van der Waals surface area contributed by atoms with Gasteiger partial charge >= 0.3 is 0 Å². The predicted molar refractivity (Wildman–Crippen MR) is 87.1 cm³/mol. The van der Waals surface area contributed by atoms with Crippen molar-refractivity contribution in [3.8, 4) is 5.88 Å². The first-order valence-corrected chi connectivity index (χ1v) is 8.09. The van der Waals surface area contributed by atoms with E-state index >= 15 is 0 Å². The van der Waals surface area contributed by atoms with Crippen molar-refractivity contribution in [1.82, 2.24) is 14.9 Å². The maximum absolute atomic E-state index is 5.12. The van der Waals surface area contributed by atoms with Crippen LogP contribution in [0, 0.1) is 0 Å². The van der Waals surface area contributed by atoms with Gasteiger partial charge in [0.25, 0.3) is 0 Å². The van der Waals surface area contributed by atoms with Gasteiger partial charge in [-0.15, -0.1) is 0 Å². The smallest absolute Gasteiger partial charge is 0.226 e. The number of rotatable bonds is 8. The van der Waals surface area contributed by atoms with Crippen molar-refractivity contribution in [2.24, 2.45) is 0 Å². The van der Waals surface area contributed by atoms with Gasteiger partial charge in [-0.05, 0) is 35.5 Å². The van der Waals surface area contributed by atoms with E-state index < -0.39 is 0 Å². The first-order valence-electron chi connectivity index (χ1n) is 7.15. The number of ether oxygens (including phenoxy) is 1. The number of methoxy groups -OCH3 is 1. The maximum atomic E-state index is 5.12. The number of nitrogens with one attached hydrogen (secondary N) is 1. The Kier molecular flexibility index (Phi) is 5.95. The molecular formula is C15H22N4OS. The van der Waals surface area contributed by atoms with Crippen LogP contribution in [0.5, 0.6) is 5.88 Å². The van der Waals surface area contributed by atoms with Gasteiger partial charge in [0.05, 0.1) is 13.2 Å². The molecule has 0 aliphatic rings.